The highest BCUT2D eigenvalue weighted by Gasteiger charge is 2.09. The van der Waals surface area contributed by atoms with Gasteiger partial charge in [-0.15, -0.1) is 0 Å². The van der Waals surface area contributed by atoms with E-state index in [1.165, 1.54) is 0 Å². The van der Waals surface area contributed by atoms with E-state index in [9.17, 15) is 4.79 Å². The molecule has 94 valence electrons. The van der Waals surface area contributed by atoms with Gasteiger partial charge >= 0.3 is 0 Å². The molecule has 0 aliphatic carbocycles. The largest absolute Gasteiger partial charge is 0.399 e. The molecule has 3 N–H and O–H groups in total. The Labute approximate surface area is 104 Å². The van der Waals surface area contributed by atoms with Gasteiger partial charge in [-0.1, -0.05) is 5.16 Å². The van der Waals surface area contributed by atoms with Gasteiger partial charge in [0.1, 0.15) is 0 Å². The van der Waals surface area contributed by atoms with Crippen LogP contribution in [0.25, 0.3) is 0 Å². The summed E-state index contributed by atoms with van der Waals surface area (Å²) in [6.45, 7) is 3.79. The van der Waals surface area contributed by atoms with Crippen LogP contribution in [0.2, 0.25) is 0 Å². The summed E-state index contributed by atoms with van der Waals surface area (Å²) in [7, 11) is 0. The van der Waals surface area contributed by atoms with Crippen LogP contribution in [0, 0.1) is 13.8 Å². The number of hydrogen-bond donors (Lipinski definition) is 2. The summed E-state index contributed by atoms with van der Waals surface area (Å²) in [4.78, 5) is 15.8. The van der Waals surface area contributed by atoms with Gasteiger partial charge in [0.05, 0.1) is 6.54 Å². The molecule has 0 aliphatic heterocycles. The maximum Gasteiger partial charge on any atom is 0.251 e. The van der Waals surface area contributed by atoms with Crippen LogP contribution in [0.4, 0.5) is 5.69 Å². The van der Waals surface area contributed by atoms with E-state index in [0.717, 1.165) is 5.56 Å². The smallest absolute Gasteiger partial charge is 0.251 e. The molecule has 0 unspecified atom stereocenters. The maximum atomic E-state index is 11.8. The van der Waals surface area contributed by atoms with Gasteiger partial charge in [0.25, 0.3) is 5.91 Å². The van der Waals surface area contributed by atoms with Crippen LogP contribution < -0.4 is 11.1 Å². The van der Waals surface area contributed by atoms with Crippen molar-refractivity contribution in [2.75, 3.05) is 5.73 Å². The molecule has 1 aromatic heterocycles. The minimum atomic E-state index is -0.200. The van der Waals surface area contributed by atoms with Crippen molar-refractivity contribution in [3.8, 4) is 0 Å². The van der Waals surface area contributed by atoms with Crippen molar-refractivity contribution in [2.24, 2.45) is 0 Å². The number of nitrogen functional groups attached to an aromatic ring is 1. The number of nitrogens with one attached hydrogen (secondary N) is 1. The highest BCUT2D eigenvalue weighted by Crippen LogP contribution is 2.12. The Balaban J connectivity index is 2.01. The van der Waals surface area contributed by atoms with E-state index >= 15 is 0 Å². The predicted octanol–water partition coefficient (Wildman–Crippen LogP) is 1.20. The van der Waals surface area contributed by atoms with Crippen LogP contribution >= 0.6 is 0 Å². The van der Waals surface area contributed by atoms with E-state index < -0.39 is 0 Å². The summed E-state index contributed by atoms with van der Waals surface area (Å²) < 4.78 is 4.90. The summed E-state index contributed by atoms with van der Waals surface area (Å²) in [6.07, 6.45) is 0. The van der Waals surface area contributed by atoms with Gasteiger partial charge in [-0.25, -0.2) is 0 Å². The highest BCUT2D eigenvalue weighted by atomic mass is 16.5. The van der Waals surface area contributed by atoms with E-state index in [1.807, 2.05) is 6.92 Å². The third kappa shape index (κ3) is 2.65. The lowest BCUT2D eigenvalue weighted by Gasteiger charge is -2.05. The molecule has 18 heavy (non-hydrogen) atoms. The molecule has 0 atom stereocenters. The summed E-state index contributed by atoms with van der Waals surface area (Å²) in [5.41, 5.74) is 7.78. The van der Waals surface area contributed by atoms with E-state index in [-0.39, 0.29) is 12.5 Å². The number of nitrogens with two attached hydrogens (primary N) is 1. The van der Waals surface area contributed by atoms with Gasteiger partial charge in [-0.05, 0) is 37.6 Å². The molecule has 0 saturated heterocycles. The van der Waals surface area contributed by atoms with Crippen LogP contribution in [0.3, 0.4) is 0 Å². The van der Waals surface area contributed by atoms with Crippen molar-refractivity contribution in [2.45, 2.75) is 20.4 Å². The number of nitrogens with zero attached hydrogens (tertiary/aromatic N) is 2. The molecule has 2 rings (SSSR count). The van der Waals surface area contributed by atoms with Crippen LogP contribution in [0.5, 0.6) is 0 Å². The van der Waals surface area contributed by atoms with Gasteiger partial charge in [0.15, 0.2) is 5.82 Å². The van der Waals surface area contributed by atoms with E-state index in [1.54, 1.807) is 25.1 Å². The fraction of sp³-hybridized carbons (Fsp3) is 0.250. The van der Waals surface area contributed by atoms with Crippen molar-refractivity contribution in [3.63, 3.8) is 0 Å². The van der Waals surface area contributed by atoms with Crippen molar-refractivity contribution >= 4 is 11.6 Å². The first-order valence-electron chi connectivity index (χ1n) is 5.50. The molecule has 6 nitrogen and oxygen atoms in total. The van der Waals surface area contributed by atoms with Crippen molar-refractivity contribution in [1.82, 2.24) is 15.5 Å². The summed E-state index contributed by atoms with van der Waals surface area (Å²) in [5.74, 6) is 0.726. The van der Waals surface area contributed by atoms with Crippen LogP contribution in [0.1, 0.15) is 27.6 Å². The van der Waals surface area contributed by atoms with Crippen LogP contribution in [-0.2, 0) is 6.54 Å². The Morgan fingerprint density at radius 3 is 2.83 bits per heavy atom. The lowest BCUT2D eigenvalue weighted by Crippen LogP contribution is -2.23. The molecule has 0 bridgehead atoms. The first-order chi connectivity index (χ1) is 8.56. The zero-order valence-electron chi connectivity index (χ0n) is 10.2. The second kappa shape index (κ2) is 4.87. The number of carbonyl (C=O) groups is 1. The monoisotopic (exact) mass is 246 g/mol. The first-order valence-corrected chi connectivity index (χ1v) is 5.50. The van der Waals surface area contributed by atoms with Crippen molar-refractivity contribution < 1.29 is 9.32 Å². The third-order valence-electron chi connectivity index (χ3n) is 2.50. The number of benzene rings is 1. The number of rotatable bonds is 3. The Morgan fingerprint density at radius 2 is 2.22 bits per heavy atom. The molecule has 6 heteroatoms. The molecule has 0 radical (unpaired) electrons. The predicted molar refractivity (Wildman–Crippen MR) is 65.8 cm³/mol. The Bertz CT molecular complexity index is 577. The Kier molecular flexibility index (Phi) is 3.27. The van der Waals surface area contributed by atoms with Gasteiger partial charge < -0.3 is 15.6 Å². The molecule has 0 fully saturated rings. The average Bonchev–Trinajstić information content (AvgIpc) is 2.75. The number of amides is 1. The fourth-order valence-electron chi connectivity index (χ4n) is 1.49. The fourth-order valence-corrected chi connectivity index (χ4v) is 1.49. The maximum absolute atomic E-state index is 11.8. The zero-order valence-corrected chi connectivity index (χ0v) is 10.2. The SMILES string of the molecule is Cc1noc(CNC(=O)c2ccc(N)c(C)c2)n1. The second-order valence-corrected chi connectivity index (χ2v) is 3.99. The van der Waals surface area contributed by atoms with Gasteiger partial charge in [0.2, 0.25) is 5.89 Å². The second-order valence-electron chi connectivity index (χ2n) is 3.99. The topological polar surface area (TPSA) is 94.0 Å². The summed E-state index contributed by atoms with van der Waals surface area (Å²) >= 11 is 0. The molecule has 0 spiro atoms. The number of aromatic nitrogens is 2. The minimum Gasteiger partial charge on any atom is -0.399 e. The van der Waals surface area contributed by atoms with Crippen molar-refractivity contribution in [3.05, 3.63) is 41.0 Å². The average molecular weight is 246 g/mol. The summed E-state index contributed by atoms with van der Waals surface area (Å²) in [5, 5.41) is 6.34. The Morgan fingerprint density at radius 1 is 1.44 bits per heavy atom. The van der Waals surface area contributed by atoms with Gasteiger partial charge in [-0.2, -0.15) is 4.98 Å². The van der Waals surface area contributed by atoms with Gasteiger partial charge in [0, 0.05) is 11.3 Å². The molecule has 1 amide bonds. The van der Waals surface area contributed by atoms with E-state index in [2.05, 4.69) is 15.5 Å². The molecule has 1 aromatic carbocycles. The number of hydrogen-bond acceptors (Lipinski definition) is 5. The quantitative estimate of drug-likeness (QED) is 0.793. The summed E-state index contributed by atoms with van der Waals surface area (Å²) in [6, 6.07) is 5.13. The number of aryl methyl sites for hydroxylation is 2. The van der Waals surface area contributed by atoms with Crippen LogP contribution in [0.15, 0.2) is 22.7 Å². The van der Waals surface area contributed by atoms with Crippen LogP contribution in [-0.4, -0.2) is 16.0 Å². The molecule has 1 heterocycles. The first kappa shape index (κ1) is 12.1. The Hall–Kier alpha value is -2.37. The number of anilines is 1. The number of carbonyl (C=O) groups excluding carboxylic acids is 1. The highest BCUT2D eigenvalue weighted by molar-refractivity contribution is 5.94. The molecular weight excluding hydrogens is 232 g/mol. The minimum absolute atomic E-state index is 0.200. The molecule has 2 aromatic rings. The van der Waals surface area contributed by atoms with Gasteiger partial charge in [-0.3, -0.25) is 4.79 Å². The lowest BCUT2D eigenvalue weighted by molar-refractivity contribution is 0.0946. The standard InChI is InChI=1S/C12H14N4O2/c1-7-5-9(3-4-10(7)13)12(17)14-6-11-15-8(2)16-18-11/h3-5H,6,13H2,1-2H3,(H,14,17). The lowest BCUT2D eigenvalue weighted by atomic mass is 10.1. The van der Waals surface area contributed by atoms with Crippen molar-refractivity contribution in [1.29, 1.82) is 0 Å². The zero-order chi connectivity index (χ0) is 13.1. The molecule has 0 saturated carbocycles. The van der Waals surface area contributed by atoms with E-state index in [0.29, 0.717) is 23.0 Å². The molecule has 0 aliphatic rings. The van der Waals surface area contributed by atoms with E-state index in [4.69, 9.17) is 10.3 Å². The third-order valence-corrected chi connectivity index (χ3v) is 2.50. The normalized spacial score (nSPS) is 10.3. The molecular formula is C12H14N4O2.